The Morgan fingerprint density at radius 1 is 1.18 bits per heavy atom. The number of rotatable bonds is 6. The predicted octanol–water partition coefficient (Wildman–Crippen LogP) is 6.39. The molecule has 206 valence electrons. The number of amides is 2. The van der Waals surface area contributed by atoms with Gasteiger partial charge in [-0.2, -0.15) is 0 Å². The lowest BCUT2D eigenvalue weighted by atomic mass is 9.94. The highest BCUT2D eigenvalue weighted by Gasteiger charge is 2.30. The average molecular weight is 557 g/mol. The number of benzene rings is 2. The van der Waals surface area contributed by atoms with Gasteiger partial charge in [-0.3, -0.25) is 14.5 Å². The van der Waals surface area contributed by atoms with Gasteiger partial charge in [0.2, 0.25) is 5.88 Å². The molecular weight excluding hydrogens is 524 g/mol. The summed E-state index contributed by atoms with van der Waals surface area (Å²) in [6, 6.07) is 13.7. The first-order chi connectivity index (χ1) is 19.2. The molecule has 0 radical (unpaired) electrons. The number of anilines is 1. The molecule has 0 bridgehead atoms. The normalized spacial score (nSPS) is 16.6. The molecule has 1 aromatic heterocycles. The molecule has 1 unspecified atom stereocenters. The summed E-state index contributed by atoms with van der Waals surface area (Å²) in [6.45, 7) is 8.10. The van der Waals surface area contributed by atoms with Crippen molar-refractivity contribution in [3.63, 3.8) is 0 Å². The van der Waals surface area contributed by atoms with Crippen molar-refractivity contribution < 1.29 is 14.3 Å². The van der Waals surface area contributed by atoms with Crippen molar-refractivity contribution in [1.82, 2.24) is 14.8 Å². The van der Waals surface area contributed by atoms with Gasteiger partial charge in [0, 0.05) is 42.7 Å². The number of pyridine rings is 1. The minimum atomic E-state index is -0.480. The number of methoxy groups -OCH3 is 1. The van der Waals surface area contributed by atoms with Crippen LogP contribution in [0.2, 0.25) is 5.02 Å². The average Bonchev–Trinajstić information content (AvgIpc) is 3.33. The number of carbonyl (C=O) groups is 2. The zero-order chi connectivity index (χ0) is 28.7. The fourth-order valence-electron chi connectivity index (χ4n) is 5.60. The second-order valence-electron chi connectivity index (χ2n) is 10.3. The first-order valence-corrected chi connectivity index (χ1v) is 13.8. The number of aryl methyl sites for hydroxylation is 1. The Balaban J connectivity index is 1.53. The Morgan fingerprint density at radius 2 is 1.88 bits per heavy atom. The van der Waals surface area contributed by atoms with Gasteiger partial charge in [0.05, 0.1) is 17.8 Å². The SMILES string of the molecule is C=C1N(C)C=C(C(=O)Nc2cccc(-c3cccc(-c4cc5c(c(OC)n4)C(C)CC5)c3Cl)c2CC)C(=O)N1C. The van der Waals surface area contributed by atoms with E-state index < -0.39 is 11.8 Å². The molecule has 2 heterocycles. The van der Waals surface area contributed by atoms with Crippen molar-refractivity contribution in [2.75, 3.05) is 26.5 Å². The van der Waals surface area contributed by atoms with Crippen LogP contribution in [0.3, 0.4) is 0 Å². The largest absolute Gasteiger partial charge is 0.481 e. The van der Waals surface area contributed by atoms with Gasteiger partial charge in [-0.05, 0) is 54.0 Å². The van der Waals surface area contributed by atoms with Crippen LogP contribution in [0.4, 0.5) is 5.69 Å². The highest BCUT2D eigenvalue weighted by atomic mass is 35.5. The lowest BCUT2D eigenvalue weighted by molar-refractivity contribution is -0.128. The smallest absolute Gasteiger partial charge is 0.266 e. The molecule has 8 heteroatoms. The number of carbonyl (C=O) groups excluding carboxylic acids is 2. The van der Waals surface area contributed by atoms with E-state index in [1.165, 1.54) is 22.2 Å². The van der Waals surface area contributed by atoms with Gasteiger partial charge in [0.25, 0.3) is 11.8 Å². The highest BCUT2D eigenvalue weighted by molar-refractivity contribution is 6.36. The maximum atomic E-state index is 13.2. The Labute approximate surface area is 240 Å². The van der Waals surface area contributed by atoms with Crippen LogP contribution in [0.25, 0.3) is 22.4 Å². The number of hydrogen-bond acceptors (Lipinski definition) is 5. The quantitative estimate of drug-likeness (QED) is 0.356. The van der Waals surface area contributed by atoms with Crippen molar-refractivity contribution in [1.29, 1.82) is 0 Å². The summed E-state index contributed by atoms with van der Waals surface area (Å²) in [4.78, 5) is 33.9. The number of nitrogens with one attached hydrogen (secondary N) is 1. The lowest BCUT2D eigenvalue weighted by Gasteiger charge is -2.31. The van der Waals surface area contributed by atoms with Crippen molar-refractivity contribution in [2.24, 2.45) is 0 Å². The summed E-state index contributed by atoms with van der Waals surface area (Å²) < 4.78 is 5.68. The van der Waals surface area contributed by atoms with Crippen LogP contribution in [0, 0.1) is 0 Å². The van der Waals surface area contributed by atoms with Gasteiger partial charge in [-0.25, -0.2) is 4.98 Å². The number of nitrogens with zero attached hydrogens (tertiary/aromatic N) is 3. The summed E-state index contributed by atoms with van der Waals surface area (Å²) in [5.41, 5.74) is 7.35. The summed E-state index contributed by atoms with van der Waals surface area (Å²) in [7, 11) is 5.00. The van der Waals surface area contributed by atoms with E-state index in [9.17, 15) is 9.59 Å². The molecule has 2 amide bonds. The standard InChI is InChI=1S/C32H33ClN4O3/c1-7-21-22(10-9-13-26(21)34-30(38)25-17-36(4)19(3)37(5)32(25)39)23-11-8-12-24(29(23)33)27-16-20-15-14-18(2)28(20)31(35-27)40-6/h8-13,16-18H,3,7,14-15H2,1-2,4-6H3,(H,34,38). The molecule has 0 saturated carbocycles. The molecule has 1 N–H and O–H groups in total. The molecule has 0 saturated heterocycles. The van der Waals surface area contributed by atoms with Crippen LogP contribution in [0.1, 0.15) is 42.9 Å². The van der Waals surface area contributed by atoms with Gasteiger partial charge in [0.15, 0.2) is 0 Å². The first kappa shape index (κ1) is 27.5. The van der Waals surface area contributed by atoms with Crippen LogP contribution in [0.5, 0.6) is 5.88 Å². The maximum Gasteiger partial charge on any atom is 0.266 e. The Morgan fingerprint density at radius 3 is 2.60 bits per heavy atom. The molecular formula is C32H33ClN4O3. The Bertz CT molecular complexity index is 1580. The van der Waals surface area contributed by atoms with E-state index >= 15 is 0 Å². The van der Waals surface area contributed by atoms with E-state index in [2.05, 4.69) is 24.9 Å². The topological polar surface area (TPSA) is 74.8 Å². The molecule has 0 spiro atoms. The van der Waals surface area contributed by atoms with Gasteiger partial charge in [-0.1, -0.05) is 62.4 Å². The number of likely N-dealkylation sites (N-methyl/N-ethyl adjacent to an activating group) is 1. The van der Waals surface area contributed by atoms with Crippen LogP contribution >= 0.6 is 11.6 Å². The zero-order valence-electron chi connectivity index (χ0n) is 23.5. The van der Waals surface area contributed by atoms with Crippen molar-refractivity contribution in [3.05, 3.63) is 88.4 Å². The van der Waals surface area contributed by atoms with E-state index in [1.54, 1.807) is 26.1 Å². The number of halogens is 1. The Hall–Kier alpha value is -4.10. The molecule has 3 aromatic rings. The molecule has 2 aliphatic rings. The second kappa shape index (κ2) is 10.8. The van der Waals surface area contributed by atoms with E-state index in [0.29, 0.717) is 34.7 Å². The van der Waals surface area contributed by atoms with Crippen molar-refractivity contribution >= 4 is 29.1 Å². The number of hydrogen-bond donors (Lipinski definition) is 1. The Kier molecular flexibility index (Phi) is 7.43. The third-order valence-corrected chi connectivity index (χ3v) is 8.29. The molecule has 1 aliphatic carbocycles. The molecule has 1 aliphatic heterocycles. The van der Waals surface area contributed by atoms with Gasteiger partial charge >= 0.3 is 0 Å². The summed E-state index contributed by atoms with van der Waals surface area (Å²) in [6.07, 6.45) is 4.21. The van der Waals surface area contributed by atoms with Gasteiger partial charge in [0.1, 0.15) is 11.4 Å². The predicted molar refractivity (Wildman–Crippen MR) is 159 cm³/mol. The van der Waals surface area contributed by atoms with Crippen LogP contribution in [-0.4, -0.2) is 47.8 Å². The molecule has 0 fully saturated rings. The molecule has 5 rings (SSSR count). The highest BCUT2D eigenvalue weighted by Crippen LogP contribution is 2.43. The second-order valence-corrected chi connectivity index (χ2v) is 10.6. The number of aromatic nitrogens is 1. The van der Waals surface area contributed by atoms with Crippen molar-refractivity contribution in [2.45, 2.75) is 39.0 Å². The van der Waals surface area contributed by atoms with E-state index in [0.717, 1.165) is 40.8 Å². The lowest BCUT2D eigenvalue weighted by Crippen LogP contribution is -2.41. The molecule has 7 nitrogen and oxygen atoms in total. The fourth-order valence-corrected chi connectivity index (χ4v) is 5.93. The number of fused-ring (bicyclic) bond motifs is 1. The molecule has 2 aromatic carbocycles. The fraction of sp³-hybridized carbons (Fsp3) is 0.281. The summed E-state index contributed by atoms with van der Waals surface area (Å²) in [5, 5.41) is 3.53. The third kappa shape index (κ3) is 4.64. The first-order valence-electron chi connectivity index (χ1n) is 13.4. The summed E-state index contributed by atoms with van der Waals surface area (Å²) in [5.74, 6) is 0.683. The summed E-state index contributed by atoms with van der Waals surface area (Å²) >= 11 is 7.09. The monoisotopic (exact) mass is 556 g/mol. The van der Waals surface area contributed by atoms with Crippen LogP contribution < -0.4 is 10.1 Å². The zero-order valence-corrected chi connectivity index (χ0v) is 24.2. The van der Waals surface area contributed by atoms with Crippen LogP contribution in [-0.2, 0) is 22.4 Å². The third-order valence-electron chi connectivity index (χ3n) is 7.88. The molecule has 40 heavy (non-hydrogen) atoms. The minimum absolute atomic E-state index is 0.0378. The maximum absolute atomic E-state index is 13.2. The van der Waals surface area contributed by atoms with E-state index in [4.69, 9.17) is 21.3 Å². The minimum Gasteiger partial charge on any atom is -0.481 e. The van der Waals surface area contributed by atoms with Crippen molar-refractivity contribution in [3.8, 4) is 28.3 Å². The van der Waals surface area contributed by atoms with Gasteiger partial charge in [-0.15, -0.1) is 0 Å². The van der Waals surface area contributed by atoms with Crippen LogP contribution in [0.15, 0.2) is 66.6 Å². The van der Waals surface area contributed by atoms with Gasteiger partial charge < -0.3 is 15.0 Å². The molecule has 1 atom stereocenters. The number of ether oxygens (including phenoxy) is 1. The van der Waals surface area contributed by atoms with E-state index in [1.807, 2.05) is 43.3 Å². The van der Waals surface area contributed by atoms with E-state index in [-0.39, 0.29) is 5.57 Å².